The lowest BCUT2D eigenvalue weighted by Crippen LogP contribution is -2.15. The van der Waals surface area contributed by atoms with E-state index in [0.717, 1.165) is 15.6 Å². The van der Waals surface area contributed by atoms with Crippen LogP contribution in [0.2, 0.25) is 5.02 Å². The number of methoxy groups -OCH3 is 1. The van der Waals surface area contributed by atoms with E-state index < -0.39 is 0 Å². The van der Waals surface area contributed by atoms with Crippen molar-refractivity contribution in [3.8, 4) is 5.75 Å². The van der Waals surface area contributed by atoms with Gasteiger partial charge in [-0.05, 0) is 42.3 Å². The normalized spacial score (nSPS) is 12.2. The van der Waals surface area contributed by atoms with Gasteiger partial charge in [-0.3, -0.25) is 0 Å². The molecular formula is C15H14BrClFNO. The van der Waals surface area contributed by atoms with Crippen LogP contribution in [0.25, 0.3) is 0 Å². The molecule has 0 saturated carbocycles. The van der Waals surface area contributed by atoms with Crippen molar-refractivity contribution in [2.24, 2.45) is 5.73 Å². The van der Waals surface area contributed by atoms with Gasteiger partial charge in [0.05, 0.1) is 7.11 Å². The van der Waals surface area contributed by atoms with Crippen molar-refractivity contribution in [1.82, 2.24) is 0 Å². The Kier molecular flexibility index (Phi) is 5.02. The Bertz CT molecular complexity index is 621. The van der Waals surface area contributed by atoms with Crippen molar-refractivity contribution in [3.05, 3.63) is 62.8 Å². The maximum atomic E-state index is 13.3. The summed E-state index contributed by atoms with van der Waals surface area (Å²) in [6.45, 7) is 0. The van der Waals surface area contributed by atoms with E-state index in [-0.39, 0.29) is 11.9 Å². The Balaban J connectivity index is 2.28. The van der Waals surface area contributed by atoms with Crippen LogP contribution < -0.4 is 10.5 Å². The third kappa shape index (κ3) is 3.51. The molecule has 2 aromatic rings. The van der Waals surface area contributed by atoms with Crippen LogP contribution in [-0.4, -0.2) is 7.11 Å². The largest absolute Gasteiger partial charge is 0.496 e. The molecule has 0 heterocycles. The summed E-state index contributed by atoms with van der Waals surface area (Å²) in [5, 5.41) is 0.588. The Labute approximate surface area is 130 Å². The minimum Gasteiger partial charge on any atom is -0.496 e. The Morgan fingerprint density at radius 1 is 1.30 bits per heavy atom. The van der Waals surface area contributed by atoms with Crippen molar-refractivity contribution >= 4 is 27.5 Å². The van der Waals surface area contributed by atoms with Crippen molar-refractivity contribution < 1.29 is 9.13 Å². The fourth-order valence-corrected chi connectivity index (χ4v) is 2.61. The maximum Gasteiger partial charge on any atom is 0.125 e. The van der Waals surface area contributed by atoms with E-state index in [1.165, 1.54) is 12.1 Å². The highest BCUT2D eigenvalue weighted by Crippen LogP contribution is 2.30. The minimum absolute atomic E-state index is 0.279. The Morgan fingerprint density at radius 3 is 2.75 bits per heavy atom. The second-order valence-corrected chi connectivity index (χ2v) is 5.72. The van der Waals surface area contributed by atoms with Gasteiger partial charge in [0.2, 0.25) is 0 Å². The third-order valence-electron chi connectivity index (χ3n) is 3.04. The zero-order chi connectivity index (χ0) is 14.7. The zero-order valence-corrected chi connectivity index (χ0v) is 13.2. The molecule has 2 N–H and O–H groups in total. The second-order valence-electron chi connectivity index (χ2n) is 4.43. The number of hydrogen-bond donors (Lipinski definition) is 1. The lowest BCUT2D eigenvalue weighted by atomic mass is 9.99. The average Bonchev–Trinajstić information content (AvgIpc) is 2.42. The lowest BCUT2D eigenvalue weighted by Gasteiger charge is -2.17. The lowest BCUT2D eigenvalue weighted by molar-refractivity contribution is 0.405. The van der Waals surface area contributed by atoms with E-state index in [1.54, 1.807) is 25.3 Å². The van der Waals surface area contributed by atoms with Gasteiger partial charge >= 0.3 is 0 Å². The van der Waals surface area contributed by atoms with E-state index in [4.69, 9.17) is 22.1 Å². The molecule has 5 heteroatoms. The van der Waals surface area contributed by atoms with Gasteiger partial charge in [-0.25, -0.2) is 4.39 Å². The zero-order valence-electron chi connectivity index (χ0n) is 10.9. The van der Waals surface area contributed by atoms with Gasteiger partial charge in [0.1, 0.15) is 11.6 Å². The summed E-state index contributed by atoms with van der Waals surface area (Å²) in [4.78, 5) is 0. The van der Waals surface area contributed by atoms with Gasteiger partial charge in [-0.1, -0.05) is 33.6 Å². The SMILES string of the molecule is COc1cc(Cl)ccc1C(N)Cc1cc(F)ccc1Br. The summed E-state index contributed by atoms with van der Waals surface area (Å²) in [5.41, 5.74) is 7.86. The monoisotopic (exact) mass is 357 g/mol. The third-order valence-corrected chi connectivity index (χ3v) is 4.05. The number of hydrogen-bond acceptors (Lipinski definition) is 2. The number of rotatable bonds is 4. The number of ether oxygens (including phenoxy) is 1. The van der Waals surface area contributed by atoms with Crippen LogP contribution in [0.3, 0.4) is 0 Å². The van der Waals surface area contributed by atoms with Crippen LogP contribution in [0.1, 0.15) is 17.2 Å². The van der Waals surface area contributed by atoms with Gasteiger partial charge in [0.15, 0.2) is 0 Å². The summed E-state index contributed by atoms with van der Waals surface area (Å²) < 4.78 is 19.4. The first-order valence-electron chi connectivity index (χ1n) is 6.04. The van der Waals surface area contributed by atoms with E-state index in [0.29, 0.717) is 17.2 Å². The first kappa shape index (κ1) is 15.3. The number of halogens is 3. The van der Waals surface area contributed by atoms with Crippen LogP contribution >= 0.6 is 27.5 Å². The summed E-state index contributed by atoms with van der Waals surface area (Å²) in [6.07, 6.45) is 0.496. The highest BCUT2D eigenvalue weighted by molar-refractivity contribution is 9.10. The van der Waals surface area contributed by atoms with Crippen LogP contribution in [0.15, 0.2) is 40.9 Å². The molecule has 0 saturated heterocycles. The van der Waals surface area contributed by atoms with Crippen LogP contribution in [0.5, 0.6) is 5.75 Å². The van der Waals surface area contributed by atoms with Gasteiger partial charge in [-0.2, -0.15) is 0 Å². The van der Waals surface area contributed by atoms with Crippen LogP contribution in [0, 0.1) is 5.82 Å². The van der Waals surface area contributed by atoms with Crippen molar-refractivity contribution in [1.29, 1.82) is 0 Å². The molecule has 1 unspecified atom stereocenters. The van der Waals surface area contributed by atoms with E-state index in [1.807, 2.05) is 6.07 Å². The van der Waals surface area contributed by atoms with Gasteiger partial charge in [0, 0.05) is 21.1 Å². The molecule has 0 aliphatic carbocycles. The van der Waals surface area contributed by atoms with E-state index in [9.17, 15) is 4.39 Å². The highest BCUT2D eigenvalue weighted by atomic mass is 79.9. The average molecular weight is 359 g/mol. The van der Waals surface area contributed by atoms with E-state index in [2.05, 4.69) is 15.9 Å². The summed E-state index contributed by atoms with van der Waals surface area (Å²) in [5.74, 6) is 0.357. The van der Waals surface area contributed by atoms with Gasteiger partial charge < -0.3 is 10.5 Å². The first-order valence-corrected chi connectivity index (χ1v) is 7.21. The second kappa shape index (κ2) is 6.57. The first-order chi connectivity index (χ1) is 9.51. The molecule has 0 aromatic heterocycles. The smallest absolute Gasteiger partial charge is 0.125 e. The molecule has 0 bridgehead atoms. The molecule has 0 spiro atoms. The number of nitrogens with two attached hydrogens (primary N) is 1. The molecule has 0 fully saturated rings. The summed E-state index contributed by atoms with van der Waals surface area (Å²) >= 11 is 9.33. The van der Waals surface area contributed by atoms with Crippen LogP contribution in [0.4, 0.5) is 4.39 Å². The van der Waals surface area contributed by atoms with Gasteiger partial charge in [-0.15, -0.1) is 0 Å². The predicted molar refractivity (Wildman–Crippen MR) is 82.7 cm³/mol. The quantitative estimate of drug-likeness (QED) is 0.874. The van der Waals surface area contributed by atoms with Crippen molar-refractivity contribution in [3.63, 3.8) is 0 Å². The van der Waals surface area contributed by atoms with E-state index >= 15 is 0 Å². The molecule has 2 rings (SSSR count). The topological polar surface area (TPSA) is 35.2 Å². The van der Waals surface area contributed by atoms with Crippen molar-refractivity contribution in [2.45, 2.75) is 12.5 Å². The molecule has 20 heavy (non-hydrogen) atoms. The summed E-state index contributed by atoms with van der Waals surface area (Å²) in [7, 11) is 1.57. The minimum atomic E-state index is -0.305. The van der Waals surface area contributed by atoms with Gasteiger partial charge in [0.25, 0.3) is 0 Å². The molecule has 106 valence electrons. The fraction of sp³-hybridized carbons (Fsp3) is 0.200. The molecule has 0 aliphatic heterocycles. The molecule has 1 atom stereocenters. The van der Waals surface area contributed by atoms with Crippen molar-refractivity contribution in [2.75, 3.05) is 7.11 Å². The molecular weight excluding hydrogens is 345 g/mol. The fourth-order valence-electron chi connectivity index (χ4n) is 2.04. The Hall–Kier alpha value is -1.10. The number of benzene rings is 2. The molecule has 2 aromatic carbocycles. The molecule has 0 radical (unpaired) electrons. The standard InChI is InChI=1S/C15H14BrClFNO/c1-20-15-8-10(17)2-4-12(15)14(19)7-9-6-11(18)3-5-13(9)16/h2-6,8,14H,7,19H2,1H3. The molecule has 0 amide bonds. The maximum absolute atomic E-state index is 13.3. The molecule has 0 aliphatic rings. The van der Waals surface area contributed by atoms with Crippen LogP contribution in [-0.2, 0) is 6.42 Å². The Morgan fingerprint density at radius 2 is 2.05 bits per heavy atom. The molecule has 2 nitrogen and oxygen atoms in total. The summed E-state index contributed by atoms with van der Waals surface area (Å²) in [6, 6.07) is 9.57. The predicted octanol–water partition coefficient (Wildman–Crippen LogP) is 4.49. The highest BCUT2D eigenvalue weighted by Gasteiger charge is 2.15.